The molecule has 1 aliphatic rings. The fourth-order valence-corrected chi connectivity index (χ4v) is 2.92. The third kappa shape index (κ3) is 4.06. The topological polar surface area (TPSA) is 81.9 Å². The van der Waals surface area contributed by atoms with Crippen molar-refractivity contribution in [2.24, 2.45) is 5.92 Å². The second-order valence-electron chi connectivity index (χ2n) is 5.98. The lowest BCUT2D eigenvalue weighted by molar-refractivity contribution is -0.124. The Labute approximate surface area is 135 Å². The smallest absolute Gasteiger partial charge is 0.258 e. The number of aromatic nitrogens is 4. The van der Waals surface area contributed by atoms with Crippen LogP contribution in [0.1, 0.15) is 32.6 Å². The molecule has 1 N–H and O–H groups in total. The summed E-state index contributed by atoms with van der Waals surface area (Å²) in [7, 11) is 0. The molecule has 1 fully saturated rings. The van der Waals surface area contributed by atoms with Gasteiger partial charge < -0.3 is 10.1 Å². The van der Waals surface area contributed by atoms with Crippen LogP contribution in [0.4, 0.5) is 0 Å². The SMILES string of the molecule is C[C@@H]1CCCC[C@@H]1NC(=O)COc1cccc(-n2cnnn2)c1. The van der Waals surface area contributed by atoms with Crippen LogP contribution in [-0.2, 0) is 4.79 Å². The van der Waals surface area contributed by atoms with Crippen LogP contribution in [0.3, 0.4) is 0 Å². The Morgan fingerprint density at radius 2 is 2.26 bits per heavy atom. The van der Waals surface area contributed by atoms with Gasteiger partial charge in [-0.2, -0.15) is 0 Å². The number of hydrogen-bond donors (Lipinski definition) is 1. The van der Waals surface area contributed by atoms with E-state index in [0.717, 1.165) is 12.1 Å². The highest BCUT2D eigenvalue weighted by molar-refractivity contribution is 5.77. The molecule has 2 aromatic rings. The standard InChI is InChI=1S/C16H21N5O2/c1-12-5-2-3-8-15(12)18-16(22)10-23-14-7-4-6-13(9-14)21-11-17-19-20-21/h4,6-7,9,11-12,15H,2-3,5,8,10H2,1H3,(H,18,22)/t12-,15+/m1/s1. The molecule has 1 aromatic heterocycles. The maximum absolute atomic E-state index is 12.1. The van der Waals surface area contributed by atoms with Gasteiger partial charge in [0.05, 0.1) is 5.69 Å². The molecule has 2 atom stereocenters. The van der Waals surface area contributed by atoms with Gasteiger partial charge in [0.2, 0.25) is 0 Å². The highest BCUT2D eigenvalue weighted by atomic mass is 16.5. The third-order valence-corrected chi connectivity index (χ3v) is 4.26. The van der Waals surface area contributed by atoms with E-state index in [0.29, 0.717) is 11.7 Å². The second-order valence-corrected chi connectivity index (χ2v) is 5.98. The first-order valence-corrected chi connectivity index (χ1v) is 7.98. The summed E-state index contributed by atoms with van der Waals surface area (Å²) >= 11 is 0. The number of carbonyl (C=O) groups excluding carboxylic acids is 1. The number of tetrazole rings is 1. The molecule has 0 saturated heterocycles. The molecule has 3 rings (SSSR count). The first kappa shape index (κ1) is 15.5. The Kier molecular flexibility index (Phi) is 4.85. The summed E-state index contributed by atoms with van der Waals surface area (Å²) in [5, 5.41) is 14.1. The van der Waals surface area contributed by atoms with Crippen molar-refractivity contribution in [2.75, 3.05) is 6.61 Å². The summed E-state index contributed by atoms with van der Waals surface area (Å²) in [6.45, 7) is 2.21. The van der Waals surface area contributed by atoms with Gasteiger partial charge in [0, 0.05) is 12.1 Å². The number of amides is 1. The third-order valence-electron chi connectivity index (χ3n) is 4.26. The van der Waals surface area contributed by atoms with Gasteiger partial charge in [-0.05, 0) is 41.3 Å². The maximum Gasteiger partial charge on any atom is 0.258 e. The minimum absolute atomic E-state index is 0.0162. The lowest BCUT2D eigenvalue weighted by Crippen LogP contribution is -2.43. The Bertz CT molecular complexity index is 644. The van der Waals surface area contributed by atoms with Crippen molar-refractivity contribution in [1.29, 1.82) is 0 Å². The van der Waals surface area contributed by atoms with Gasteiger partial charge in [-0.1, -0.05) is 25.8 Å². The van der Waals surface area contributed by atoms with Crippen LogP contribution in [0.15, 0.2) is 30.6 Å². The van der Waals surface area contributed by atoms with E-state index < -0.39 is 0 Å². The number of rotatable bonds is 5. The number of hydrogen-bond acceptors (Lipinski definition) is 5. The Hall–Kier alpha value is -2.44. The molecule has 1 amide bonds. The zero-order chi connectivity index (χ0) is 16.1. The molecule has 1 heterocycles. The number of ether oxygens (including phenoxy) is 1. The summed E-state index contributed by atoms with van der Waals surface area (Å²) in [6, 6.07) is 7.59. The summed E-state index contributed by atoms with van der Waals surface area (Å²) in [5.74, 6) is 1.08. The van der Waals surface area contributed by atoms with E-state index in [4.69, 9.17) is 4.74 Å². The lowest BCUT2D eigenvalue weighted by atomic mass is 9.86. The first-order chi connectivity index (χ1) is 11.2. The van der Waals surface area contributed by atoms with Crippen LogP contribution >= 0.6 is 0 Å². The molecular formula is C16H21N5O2. The molecule has 7 nitrogen and oxygen atoms in total. The first-order valence-electron chi connectivity index (χ1n) is 7.98. The summed E-state index contributed by atoms with van der Waals surface area (Å²) < 4.78 is 7.13. The molecular weight excluding hydrogens is 294 g/mol. The predicted molar refractivity (Wildman–Crippen MR) is 84.2 cm³/mol. The van der Waals surface area contributed by atoms with Gasteiger partial charge in [0.1, 0.15) is 12.1 Å². The van der Waals surface area contributed by atoms with Gasteiger partial charge in [-0.25, -0.2) is 4.68 Å². The van der Waals surface area contributed by atoms with E-state index in [1.165, 1.54) is 30.3 Å². The van der Waals surface area contributed by atoms with E-state index in [9.17, 15) is 4.79 Å². The molecule has 0 radical (unpaired) electrons. The van der Waals surface area contributed by atoms with Gasteiger partial charge in [0.25, 0.3) is 5.91 Å². The Morgan fingerprint density at radius 1 is 1.39 bits per heavy atom. The van der Waals surface area contributed by atoms with Crippen molar-refractivity contribution in [1.82, 2.24) is 25.5 Å². The molecule has 1 saturated carbocycles. The summed E-state index contributed by atoms with van der Waals surface area (Å²) in [4.78, 5) is 12.1. The van der Waals surface area contributed by atoms with Crippen molar-refractivity contribution >= 4 is 5.91 Å². The van der Waals surface area contributed by atoms with Crippen LogP contribution in [0.2, 0.25) is 0 Å². The molecule has 122 valence electrons. The van der Waals surface area contributed by atoms with Crippen molar-refractivity contribution < 1.29 is 9.53 Å². The average molecular weight is 315 g/mol. The number of nitrogens with zero attached hydrogens (tertiary/aromatic N) is 4. The maximum atomic E-state index is 12.1. The Balaban J connectivity index is 1.54. The number of carbonyl (C=O) groups is 1. The normalized spacial score (nSPS) is 20.9. The van der Waals surface area contributed by atoms with Crippen molar-refractivity contribution in [3.05, 3.63) is 30.6 Å². The lowest BCUT2D eigenvalue weighted by Gasteiger charge is -2.29. The van der Waals surface area contributed by atoms with Gasteiger partial charge in [-0.15, -0.1) is 5.10 Å². The van der Waals surface area contributed by atoms with E-state index in [-0.39, 0.29) is 18.6 Å². The molecule has 1 aromatic carbocycles. The zero-order valence-corrected chi connectivity index (χ0v) is 13.2. The number of benzene rings is 1. The van der Waals surface area contributed by atoms with Gasteiger partial charge in [0.15, 0.2) is 6.61 Å². The fraction of sp³-hybridized carbons (Fsp3) is 0.500. The van der Waals surface area contributed by atoms with Gasteiger partial charge >= 0.3 is 0 Å². The number of nitrogens with one attached hydrogen (secondary N) is 1. The van der Waals surface area contributed by atoms with Crippen LogP contribution < -0.4 is 10.1 Å². The monoisotopic (exact) mass is 315 g/mol. The fourth-order valence-electron chi connectivity index (χ4n) is 2.92. The molecule has 0 unspecified atom stereocenters. The van der Waals surface area contributed by atoms with E-state index in [2.05, 4.69) is 27.8 Å². The van der Waals surface area contributed by atoms with Crippen LogP contribution in [0.25, 0.3) is 5.69 Å². The van der Waals surface area contributed by atoms with E-state index in [1.807, 2.05) is 18.2 Å². The van der Waals surface area contributed by atoms with E-state index in [1.54, 1.807) is 6.07 Å². The van der Waals surface area contributed by atoms with Crippen molar-refractivity contribution in [2.45, 2.75) is 38.6 Å². The quantitative estimate of drug-likeness (QED) is 0.909. The van der Waals surface area contributed by atoms with Crippen LogP contribution in [0.5, 0.6) is 5.75 Å². The average Bonchev–Trinajstić information content (AvgIpc) is 3.10. The highest BCUT2D eigenvalue weighted by Crippen LogP contribution is 2.23. The summed E-state index contributed by atoms with van der Waals surface area (Å²) in [5.41, 5.74) is 0.786. The minimum Gasteiger partial charge on any atom is -0.484 e. The minimum atomic E-state index is -0.0726. The molecule has 0 aliphatic heterocycles. The van der Waals surface area contributed by atoms with E-state index >= 15 is 0 Å². The largest absolute Gasteiger partial charge is 0.484 e. The Morgan fingerprint density at radius 3 is 3.04 bits per heavy atom. The molecule has 0 spiro atoms. The second kappa shape index (κ2) is 7.21. The highest BCUT2D eigenvalue weighted by Gasteiger charge is 2.22. The van der Waals surface area contributed by atoms with Crippen LogP contribution in [0, 0.1) is 5.92 Å². The van der Waals surface area contributed by atoms with Crippen molar-refractivity contribution in [3.63, 3.8) is 0 Å². The summed E-state index contributed by atoms with van der Waals surface area (Å²) in [6.07, 6.45) is 6.19. The molecule has 7 heteroatoms. The molecule has 1 aliphatic carbocycles. The van der Waals surface area contributed by atoms with Gasteiger partial charge in [-0.3, -0.25) is 4.79 Å². The van der Waals surface area contributed by atoms with Crippen molar-refractivity contribution in [3.8, 4) is 11.4 Å². The predicted octanol–water partition coefficient (Wildman–Crippen LogP) is 1.74. The molecule has 0 bridgehead atoms. The van der Waals surface area contributed by atoms with Crippen LogP contribution in [-0.4, -0.2) is 38.8 Å². The zero-order valence-electron chi connectivity index (χ0n) is 13.2. The molecule has 23 heavy (non-hydrogen) atoms.